The van der Waals surface area contributed by atoms with Crippen LogP contribution in [0.4, 0.5) is 4.39 Å². The maximum absolute atomic E-state index is 12.9. The number of benzene rings is 1. The Kier molecular flexibility index (Phi) is 4.55. The third-order valence-corrected chi connectivity index (χ3v) is 3.19. The smallest absolute Gasteiger partial charge is 0.123 e. The van der Waals surface area contributed by atoms with Gasteiger partial charge in [-0.1, -0.05) is 0 Å². The second-order valence-electron chi connectivity index (χ2n) is 4.74. The molecule has 1 aromatic rings. The van der Waals surface area contributed by atoms with Crippen LogP contribution in [-0.2, 0) is 4.74 Å². The van der Waals surface area contributed by atoms with Gasteiger partial charge in [0.1, 0.15) is 18.2 Å². The van der Waals surface area contributed by atoms with Crippen molar-refractivity contribution >= 4 is 0 Å². The number of aryl methyl sites for hydroxylation is 1. The number of rotatable bonds is 5. The Hall–Kier alpha value is -1.13. The SMILES string of the molecule is CNCC1CCC(COc2ccc(F)cc2C)O1. The molecule has 1 aliphatic rings. The molecule has 2 atom stereocenters. The fraction of sp³-hybridized carbons (Fsp3) is 0.571. The maximum atomic E-state index is 12.9. The van der Waals surface area contributed by atoms with Gasteiger partial charge in [-0.3, -0.25) is 0 Å². The van der Waals surface area contributed by atoms with Crippen molar-refractivity contribution in [3.05, 3.63) is 29.6 Å². The van der Waals surface area contributed by atoms with Crippen LogP contribution in [-0.4, -0.2) is 32.4 Å². The second kappa shape index (κ2) is 6.16. The highest BCUT2D eigenvalue weighted by Gasteiger charge is 2.25. The van der Waals surface area contributed by atoms with E-state index in [-0.39, 0.29) is 18.0 Å². The van der Waals surface area contributed by atoms with E-state index in [9.17, 15) is 4.39 Å². The Morgan fingerprint density at radius 1 is 1.39 bits per heavy atom. The summed E-state index contributed by atoms with van der Waals surface area (Å²) in [6, 6.07) is 4.57. The molecule has 0 bridgehead atoms. The van der Waals surface area contributed by atoms with Crippen LogP contribution in [0.1, 0.15) is 18.4 Å². The summed E-state index contributed by atoms with van der Waals surface area (Å²) in [7, 11) is 1.93. The predicted molar refractivity (Wildman–Crippen MR) is 68.5 cm³/mol. The minimum absolute atomic E-state index is 0.146. The van der Waals surface area contributed by atoms with Gasteiger partial charge in [0.2, 0.25) is 0 Å². The number of nitrogens with one attached hydrogen (secondary N) is 1. The zero-order valence-electron chi connectivity index (χ0n) is 10.9. The number of hydrogen-bond acceptors (Lipinski definition) is 3. The van der Waals surface area contributed by atoms with Crippen LogP contribution in [0.3, 0.4) is 0 Å². The van der Waals surface area contributed by atoms with E-state index in [1.54, 1.807) is 6.07 Å². The standard InChI is InChI=1S/C14H20FNO2/c1-10-7-11(15)3-6-14(10)17-9-13-5-4-12(18-13)8-16-2/h3,6-7,12-13,16H,4-5,8-9H2,1-2H3. The summed E-state index contributed by atoms with van der Waals surface area (Å²) in [4.78, 5) is 0. The molecule has 0 radical (unpaired) electrons. The first-order chi connectivity index (χ1) is 8.69. The van der Waals surface area contributed by atoms with Gasteiger partial charge in [-0.15, -0.1) is 0 Å². The molecule has 0 amide bonds. The summed E-state index contributed by atoms with van der Waals surface area (Å²) >= 11 is 0. The van der Waals surface area contributed by atoms with Crippen molar-refractivity contribution in [3.8, 4) is 5.75 Å². The second-order valence-corrected chi connectivity index (χ2v) is 4.74. The molecule has 100 valence electrons. The molecule has 1 aliphatic heterocycles. The van der Waals surface area contributed by atoms with Crippen molar-refractivity contribution in [1.29, 1.82) is 0 Å². The third kappa shape index (κ3) is 3.43. The van der Waals surface area contributed by atoms with Crippen LogP contribution in [0.5, 0.6) is 5.75 Å². The summed E-state index contributed by atoms with van der Waals surface area (Å²) < 4.78 is 24.5. The lowest BCUT2D eigenvalue weighted by molar-refractivity contribution is 0.0192. The molecule has 1 N–H and O–H groups in total. The Bertz CT molecular complexity index is 397. The normalized spacial score (nSPS) is 23.3. The molecule has 0 aromatic heterocycles. The van der Waals surface area contributed by atoms with Crippen molar-refractivity contribution in [2.24, 2.45) is 0 Å². The van der Waals surface area contributed by atoms with Crippen LogP contribution in [0.2, 0.25) is 0 Å². The lowest BCUT2D eigenvalue weighted by atomic mass is 10.2. The molecule has 1 aromatic carbocycles. The van der Waals surface area contributed by atoms with Crippen molar-refractivity contribution in [1.82, 2.24) is 5.32 Å². The zero-order chi connectivity index (χ0) is 13.0. The van der Waals surface area contributed by atoms with Gasteiger partial charge in [-0.25, -0.2) is 4.39 Å². The highest BCUT2D eigenvalue weighted by molar-refractivity contribution is 5.32. The van der Waals surface area contributed by atoms with Crippen molar-refractivity contribution < 1.29 is 13.9 Å². The van der Waals surface area contributed by atoms with Gasteiger partial charge in [-0.05, 0) is 50.6 Å². The molecule has 2 rings (SSSR count). The Balaban J connectivity index is 1.81. The first-order valence-corrected chi connectivity index (χ1v) is 6.38. The summed E-state index contributed by atoms with van der Waals surface area (Å²) in [5.74, 6) is 0.503. The fourth-order valence-corrected chi connectivity index (χ4v) is 2.24. The lowest BCUT2D eigenvalue weighted by Crippen LogP contribution is -2.25. The van der Waals surface area contributed by atoms with E-state index in [0.29, 0.717) is 6.61 Å². The molecule has 4 heteroatoms. The highest BCUT2D eigenvalue weighted by Crippen LogP contribution is 2.22. The molecule has 0 aliphatic carbocycles. The topological polar surface area (TPSA) is 30.5 Å². The van der Waals surface area contributed by atoms with Crippen LogP contribution >= 0.6 is 0 Å². The average Bonchev–Trinajstić information content (AvgIpc) is 2.76. The van der Waals surface area contributed by atoms with E-state index >= 15 is 0 Å². The molecule has 1 heterocycles. The average molecular weight is 253 g/mol. The number of ether oxygens (including phenoxy) is 2. The zero-order valence-corrected chi connectivity index (χ0v) is 10.9. The summed E-state index contributed by atoms with van der Waals surface area (Å²) in [5.41, 5.74) is 0.819. The van der Waals surface area contributed by atoms with E-state index in [1.807, 2.05) is 14.0 Å². The van der Waals surface area contributed by atoms with Crippen LogP contribution in [0, 0.1) is 12.7 Å². The van der Waals surface area contributed by atoms with E-state index in [1.165, 1.54) is 12.1 Å². The number of halogens is 1. The molecule has 3 nitrogen and oxygen atoms in total. The molecular formula is C14H20FNO2. The van der Waals surface area contributed by atoms with Crippen LogP contribution in [0.25, 0.3) is 0 Å². The molecule has 2 unspecified atom stereocenters. The maximum Gasteiger partial charge on any atom is 0.123 e. The first kappa shape index (κ1) is 13.3. The van der Waals surface area contributed by atoms with Gasteiger partial charge in [0.25, 0.3) is 0 Å². The largest absolute Gasteiger partial charge is 0.491 e. The molecule has 1 fully saturated rings. The number of hydrogen-bond donors (Lipinski definition) is 1. The molecule has 1 saturated heterocycles. The molecular weight excluding hydrogens is 233 g/mol. The van der Waals surface area contributed by atoms with E-state index in [0.717, 1.165) is 30.7 Å². The van der Waals surface area contributed by atoms with Crippen molar-refractivity contribution in [2.75, 3.05) is 20.2 Å². The van der Waals surface area contributed by atoms with E-state index in [4.69, 9.17) is 9.47 Å². The van der Waals surface area contributed by atoms with Crippen LogP contribution in [0.15, 0.2) is 18.2 Å². The van der Waals surface area contributed by atoms with E-state index in [2.05, 4.69) is 5.32 Å². The minimum atomic E-state index is -0.231. The van der Waals surface area contributed by atoms with Gasteiger partial charge in [0.05, 0.1) is 12.2 Å². The summed E-state index contributed by atoms with van der Waals surface area (Å²) in [6.07, 6.45) is 2.52. The highest BCUT2D eigenvalue weighted by atomic mass is 19.1. The molecule has 0 spiro atoms. The van der Waals surface area contributed by atoms with Gasteiger partial charge < -0.3 is 14.8 Å². The Labute approximate surface area is 107 Å². The fourth-order valence-electron chi connectivity index (χ4n) is 2.24. The third-order valence-electron chi connectivity index (χ3n) is 3.19. The van der Waals surface area contributed by atoms with Crippen molar-refractivity contribution in [3.63, 3.8) is 0 Å². The summed E-state index contributed by atoms with van der Waals surface area (Å²) in [5, 5.41) is 3.11. The number of likely N-dealkylation sites (N-methyl/N-ethyl adjacent to an activating group) is 1. The lowest BCUT2D eigenvalue weighted by Gasteiger charge is -2.15. The van der Waals surface area contributed by atoms with Gasteiger partial charge in [-0.2, -0.15) is 0 Å². The quantitative estimate of drug-likeness (QED) is 0.873. The summed E-state index contributed by atoms with van der Waals surface area (Å²) in [6.45, 7) is 3.26. The van der Waals surface area contributed by atoms with Gasteiger partial charge in [0, 0.05) is 6.54 Å². The van der Waals surface area contributed by atoms with Crippen molar-refractivity contribution in [2.45, 2.75) is 32.0 Å². The molecule has 18 heavy (non-hydrogen) atoms. The Morgan fingerprint density at radius 2 is 2.17 bits per heavy atom. The van der Waals surface area contributed by atoms with Gasteiger partial charge in [0.15, 0.2) is 0 Å². The monoisotopic (exact) mass is 253 g/mol. The predicted octanol–water partition coefficient (Wildman–Crippen LogP) is 2.28. The van der Waals surface area contributed by atoms with Gasteiger partial charge >= 0.3 is 0 Å². The Morgan fingerprint density at radius 3 is 2.89 bits per heavy atom. The van der Waals surface area contributed by atoms with E-state index < -0.39 is 0 Å². The molecule has 0 saturated carbocycles. The minimum Gasteiger partial charge on any atom is -0.491 e. The van der Waals surface area contributed by atoms with Crippen LogP contribution < -0.4 is 10.1 Å². The first-order valence-electron chi connectivity index (χ1n) is 6.38.